The second kappa shape index (κ2) is 6.94. The predicted molar refractivity (Wildman–Crippen MR) is 64.3 cm³/mol. The van der Waals surface area contributed by atoms with Gasteiger partial charge in [0.25, 0.3) is 0 Å². The number of benzene rings is 1. The van der Waals surface area contributed by atoms with Crippen molar-refractivity contribution in [1.29, 1.82) is 0 Å². The van der Waals surface area contributed by atoms with Crippen LogP contribution in [-0.4, -0.2) is 11.6 Å². The quantitative estimate of drug-likeness (QED) is 0.659. The zero-order chi connectivity index (χ0) is 11.8. The maximum Gasteiger partial charge on any atom is 0.140 e. The Bertz CT molecular complexity index is 341. The van der Waals surface area contributed by atoms with Crippen LogP contribution in [0.15, 0.2) is 30.3 Å². The third-order valence-corrected chi connectivity index (χ3v) is 2.46. The van der Waals surface area contributed by atoms with Crippen LogP contribution in [0.5, 0.6) is 0 Å². The van der Waals surface area contributed by atoms with Crippen molar-refractivity contribution in [2.24, 2.45) is 0 Å². The van der Waals surface area contributed by atoms with E-state index in [9.17, 15) is 9.59 Å². The molecular formula is C14H18O2. The van der Waals surface area contributed by atoms with Crippen LogP contribution in [-0.2, 0) is 16.0 Å². The molecule has 1 aromatic carbocycles. The monoisotopic (exact) mass is 218 g/mol. The minimum absolute atomic E-state index is 0.0577. The number of ketones is 2. The minimum atomic E-state index is 0.0577. The molecule has 0 aromatic heterocycles. The van der Waals surface area contributed by atoms with Crippen molar-refractivity contribution in [2.75, 3.05) is 0 Å². The Balaban J connectivity index is 2.28. The van der Waals surface area contributed by atoms with Crippen LogP contribution in [0.2, 0.25) is 0 Å². The highest BCUT2D eigenvalue weighted by Crippen LogP contribution is 2.05. The van der Waals surface area contributed by atoms with Crippen LogP contribution in [0.4, 0.5) is 0 Å². The van der Waals surface area contributed by atoms with E-state index in [2.05, 4.69) is 0 Å². The molecule has 0 saturated carbocycles. The van der Waals surface area contributed by atoms with Crippen molar-refractivity contribution < 1.29 is 9.59 Å². The Morgan fingerprint density at radius 3 is 2.25 bits per heavy atom. The smallest absolute Gasteiger partial charge is 0.140 e. The zero-order valence-electron chi connectivity index (χ0n) is 9.74. The molecule has 0 atom stereocenters. The third-order valence-electron chi connectivity index (χ3n) is 2.46. The van der Waals surface area contributed by atoms with E-state index in [0.717, 1.165) is 18.4 Å². The Hall–Kier alpha value is -1.44. The zero-order valence-corrected chi connectivity index (χ0v) is 9.74. The maximum absolute atomic E-state index is 11.5. The maximum atomic E-state index is 11.5. The fraction of sp³-hybridized carbons (Fsp3) is 0.429. The summed E-state index contributed by atoms with van der Waals surface area (Å²) in [5.74, 6) is 0.128. The predicted octanol–water partition coefficient (Wildman–Crippen LogP) is 2.95. The summed E-state index contributed by atoms with van der Waals surface area (Å²) in [6, 6.07) is 9.88. The normalized spacial score (nSPS) is 10.1. The van der Waals surface area contributed by atoms with Gasteiger partial charge in [-0.2, -0.15) is 0 Å². The van der Waals surface area contributed by atoms with Gasteiger partial charge in [-0.1, -0.05) is 37.3 Å². The lowest BCUT2D eigenvalue weighted by Gasteiger charge is -2.00. The highest BCUT2D eigenvalue weighted by atomic mass is 16.1. The van der Waals surface area contributed by atoms with Gasteiger partial charge in [-0.3, -0.25) is 9.59 Å². The standard InChI is InChI=1S/C14H18O2/c1-2-6-13(15)11-14(16)10-9-12-7-4-3-5-8-12/h3-5,7-8H,2,6,9-11H2,1H3. The molecule has 16 heavy (non-hydrogen) atoms. The highest BCUT2D eigenvalue weighted by Gasteiger charge is 2.08. The van der Waals surface area contributed by atoms with Crippen LogP contribution in [0.1, 0.15) is 38.2 Å². The first-order valence-electron chi connectivity index (χ1n) is 5.79. The fourth-order valence-corrected chi connectivity index (χ4v) is 1.60. The van der Waals surface area contributed by atoms with E-state index < -0.39 is 0 Å². The first kappa shape index (κ1) is 12.6. The van der Waals surface area contributed by atoms with E-state index in [1.807, 2.05) is 37.3 Å². The summed E-state index contributed by atoms with van der Waals surface area (Å²) in [4.78, 5) is 22.7. The molecule has 0 saturated heterocycles. The van der Waals surface area contributed by atoms with Gasteiger partial charge < -0.3 is 0 Å². The molecule has 2 heteroatoms. The lowest BCUT2D eigenvalue weighted by atomic mass is 10.0. The molecule has 2 nitrogen and oxygen atoms in total. The second-order valence-electron chi connectivity index (χ2n) is 3.99. The number of hydrogen-bond acceptors (Lipinski definition) is 2. The van der Waals surface area contributed by atoms with Crippen molar-refractivity contribution in [3.05, 3.63) is 35.9 Å². The molecule has 0 amide bonds. The molecule has 0 N–H and O–H groups in total. The average molecular weight is 218 g/mol. The minimum Gasteiger partial charge on any atom is -0.299 e. The van der Waals surface area contributed by atoms with Gasteiger partial charge in [0.15, 0.2) is 0 Å². The van der Waals surface area contributed by atoms with Gasteiger partial charge in [0.1, 0.15) is 11.6 Å². The number of hydrogen-bond donors (Lipinski definition) is 0. The van der Waals surface area contributed by atoms with Gasteiger partial charge >= 0.3 is 0 Å². The summed E-state index contributed by atoms with van der Waals surface area (Å²) in [6.45, 7) is 1.95. The topological polar surface area (TPSA) is 34.1 Å². The van der Waals surface area contributed by atoms with Crippen molar-refractivity contribution in [1.82, 2.24) is 0 Å². The molecule has 0 aliphatic heterocycles. The Kier molecular flexibility index (Phi) is 5.48. The van der Waals surface area contributed by atoms with Crippen LogP contribution < -0.4 is 0 Å². The molecule has 0 fully saturated rings. The Labute approximate surface area is 96.7 Å². The van der Waals surface area contributed by atoms with E-state index >= 15 is 0 Å². The molecule has 1 rings (SSSR count). The number of carbonyl (C=O) groups is 2. The highest BCUT2D eigenvalue weighted by molar-refractivity contribution is 5.99. The van der Waals surface area contributed by atoms with E-state index in [-0.39, 0.29) is 18.0 Å². The largest absolute Gasteiger partial charge is 0.299 e. The van der Waals surface area contributed by atoms with Gasteiger partial charge in [-0.25, -0.2) is 0 Å². The summed E-state index contributed by atoms with van der Waals surface area (Å²) in [5, 5.41) is 0. The van der Waals surface area contributed by atoms with Crippen LogP contribution >= 0.6 is 0 Å². The summed E-state index contributed by atoms with van der Waals surface area (Å²) >= 11 is 0. The number of Topliss-reactive ketones (excluding diaryl/α,β-unsaturated/α-hetero) is 2. The summed E-state index contributed by atoms with van der Waals surface area (Å²) in [7, 11) is 0. The van der Waals surface area contributed by atoms with E-state index in [1.165, 1.54) is 0 Å². The molecule has 0 aliphatic carbocycles. The number of rotatable bonds is 7. The molecule has 1 aromatic rings. The van der Waals surface area contributed by atoms with Gasteiger partial charge in [0.05, 0.1) is 6.42 Å². The van der Waals surface area contributed by atoms with Crippen molar-refractivity contribution >= 4 is 11.6 Å². The Morgan fingerprint density at radius 2 is 1.62 bits per heavy atom. The first-order valence-corrected chi connectivity index (χ1v) is 5.79. The van der Waals surface area contributed by atoms with Gasteiger partial charge in [0.2, 0.25) is 0 Å². The number of aryl methyl sites for hydroxylation is 1. The molecule has 0 unspecified atom stereocenters. The van der Waals surface area contributed by atoms with Crippen molar-refractivity contribution in [3.8, 4) is 0 Å². The van der Waals surface area contributed by atoms with E-state index in [0.29, 0.717) is 12.8 Å². The van der Waals surface area contributed by atoms with Crippen LogP contribution in [0.3, 0.4) is 0 Å². The van der Waals surface area contributed by atoms with Crippen LogP contribution in [0.25, 0.3) is 0 Å². The lowest BCUT2D eigenvalue weighted by Crippen LogP contribution is -2.08. The fourth-order valence-electron chi connectivity index (χ4n) is 1.60. The lowest BCUT2D eigenvalue weighted by molar-refractivity contribution is -0.126. The van der Waals surface area contributed by atoms with Gasteiger partial charge in [0, 0.05) is 12.8 Å². The SMILES string of the molecule is CCCC(=O)CC(=O)CCc1ccccc1. The summed E-state index contributed by atoms with van der Waals surface area (Å²) in [5.41, 5.74) is 1.15. The van der Waals surface area contributed by atoms with Gasteiger partial charge in [-0.15, -0.1) is 0 Å². The molecule has 0 aliphatic rings. The van der Waals surface area contributed by atoms with Crippen molar-refractivity contribution in [2.45, 2.75) is 39.0 Å². The molecule has 0 bridgehead atoms. The first-order chi connectivity index (χ1) is 7.72. The Morgan fingerprint density at radius 1 is 1.00 bits per heavy atom. The van der Waals surface area contributed by atoms with Gasteiger partial charge in [-0.05, 0) is 18.4 Å². The van der Waals surface area contributed by atoms with Crippen LogP contribution in [0, 0.1) is 0 Å². The second-order valence-corrected chi connectivity index (χ2v) is 3.99. The summed E-state index contributed by atoms with van der Waals surface area (Å²) in [6.07, 6.45) is 2.67. The summed E-state index contributed by atoms with van der Waals surface area (Å²) < 4.78 is 0. The van der Waals surface area contributed by atoms with Crippen molar-refractivity contribution in [3.63, 3.8) is 0 Å². The van der Waals surface area contributed by atoms with E-state index in [1.54, 1.807) is 0 Å². The third kappa shape index (κ3) is 4.87. The molecule has 0 spiro atoms. The van der Waals surface area contributed by atoms with E-state index in [4.69, 9.17) is 0 Å². The molecule has 0 heterocycles. The molecule has 86 valence electrons. The average Bonchev–Trinajstić information content (AvgIpc) is 2.28. The molecule has 0 radical (unpaired) electrons. The molecular weight excluding hydrogens is 200 g/mol. The number of carbonyl (C=O) groups excluding carboxylic acids is 2.